The molecule has 2 rings (SSSR count). The molecule has 0 unspecified atom stereocenters. The van der Waals surface area contributed by atoms with Gasteiger partial charge in [-0.25, -0.2) is 0 Å². The van der Waals surface area contributed by atoms with Gasteiger partial charge in [-0.3, -0.25) is 19.2 Å². The molecular weight excluding hydrogens is 462 g/mol. The number of nitrogens with two attached hydrogens (primary N) is 1. The molecule has 2 aliphatic heterocycles. The average Bonchev–Trinajstić information content (AvgIpc) is 3.16. The van der Waals surface area contributed by atoms with Crippen LogP contribution in [0.4, 0.5) is 0 Å². The fraction of sp³-hybridized carbons (Fsp3) is 0.852. The number of ketones is 2. The Hall–Kier alpha value is -1.84. The highest BCUT2D eigenvalue weighted by Gasteiger charge is 2.31. The quantitative estimate of drug-likeness (QED) is 0.299. The van der Waals surface area contributed by atoms with E-state index in [1.54, 1.807) is 0 Å². The number of carbonyl (C=O) groups excluding carboxylic acids is 4. The van der Waals surface area contributed by atoms with E-state index in [4.69, 9.17) is 5.73 Å². The molecule has 2 heterocycles. The number of rotatable bonds is 10. The minimum absolute atomic E-state index is 0.0342. The van der Waals surface area contributed by atoms with Crippen molar-refractivity contribution in [1.29, 1.82) is 0 Å². The van der Waals surface area contributed by atoms with E-state index < -0.39 is 18.2 Å². The van der Waals surface area contributed by atoms with Crippen LogP contribution in [0, 0.1) is 29.6 Å². The number of aliphatic hydroxyl groups is 2. The van der Waals surface area contributed by atoms with Crippen LogP contribution >= 0.6 is 0 Å². The Morgan fingerprint density at radius 1 is 0.778 bits per heavy atom. The topological polar surface area (TPSA) is 159 Å². The van der Waals surface area contributed by atoms with Crippen LogP contribution in [0.25, 0.3) is 0 Å². The van der Waals surface area contributed by atoms with Crippen LogP contribution in [0.1, 0.15) is 86.0 Å². The maximum atomic E-state index is 12.0. The molecule has 0 aromatic heterocycles. The van der Waals surface area contributed by atoms with Crippen molar-refractivity contribution in [3.8, 4) is 0 Å². The van der Waals surface area contributed by atoms with Gasteiger partial charge in [0.1, 0.15) is 12.2 Å². The fourth-order valence-electron chi connectivity index (χ4n) is 4.36. The molecular formula is C27H49N3O6. The van der Waals surface area contributed by atoms with Gasteiger partial charge in [-0.2, -0.15) is 0 Å². The molecule has 0 aliphatic carbocycles. The predicted molar refractivity (Wildman–Crippen MR) is 139 cm³/mol. The molecule has 208 valence electrons. The first kappa shape index (κ1) is 32.2. The first-order chi connectivity index (χ1) is 16.9. The summed E-state index contributed by atoms with van der Waals surface area (Å²) in [6, 6.07) is -0.564. The minimum Gasteiger partial charge on any atom is -0.385 e. The maximum Gasteiger partial charge on any atom is 0.223 e. The van der Waals surface area contributed by atoms with Crippen LogP contribution in [-0.4, -0.2) is 64.9 Å². The first-order valence-electron chi connectivity index (χ1n) is 13.6. The van der Waals surface area contributed by atoms with Gasteiger partial charge in [0.2, 0.25) is 11.8 Å². The third kappa shape index (κ3) is 10.6. The number of carbonyl (C=O) groups is 4. The van der Waals surface area contributed by atoms with Crippen LogP contribution in [-0.2, 0) is 19.2 Å². The highest BCUT2D eigenvalue weighted by atomic mass is 16.3. The van der Waals surface area contributed by atoms with Gasteiger partial charge in [-0.15, -0.1) is 0 Å². The van der Waals surface area contributed by atoms with E-state index in [0.717, 1.165) is 32.1 Å². The largest absolute Gasteiger partial charge is 0.385 e. The van der Waals surface area contributed by atoms with Gasteiger partial charge in [0.25, 0.3) is 0 Å². The molecule has 0 aromatic carbocycles. The highest BCUT2D eigenvalue weighted by molar-refractivity contribution is 5.90. The number of nitrogens with one attached hydrogen (secondary N) is 2. The molecule has 0 aromatic rings. The molecule has 36 heavy (non-hydrogen) atoms. The Morgan fingerprint density at radius 2 is 1.19 bits per heavy atom. The van der Waals surface area contributed by atoms with E-state index in [-0.39, 0.29) is 65.8 Å². The number of hydrogen-bond donors (Lipinski definition) is 5. The summed E-state index contributed by atoms with van der Waals surface area (Å²) in [5.74, 6) is -0.971. The highest BCUT2D eigenvalue weighted by Crippen LogP contribution is 2.22. The van der Waals surface area contributed by atoms with E-state index in [9.17, 15) is 29.4 Å². The number of amides is 2. The normalized spacial score (nSPS) is 24.3. The first-order valence-corrected chi connectivity index (χ1v) is 13.6. The Bertz CT molecular complexity index is 666. The standard InChI is InChI=1S/C14H25NO3.C13H24N2O3/c1-9(2)10(3)13(17)12(16)8-11-6-4-5-7-15-14(11)18;1-8(2)11(14)12(17)10(16)7-9-5-3-4-6-15-13(9)18/h9-11,13,17H,4-8H2,1-3H3,(H,15,18);8-9,11-12,17H,3-7,14H2,1-2H3,(H,15,18)/t10-,11+,13-;9-,11+,12-/m01/s1. The second-order valence-corrected chi connectivity index (χ2v) is 11.1. The van der Waals surface area contributed by atoms with Crippen molar-refractivity contribution in [3.05, 3.63) is 0 Å². The lowest BCUT2D eigenvalue weighted by atomic mass is 9.86. The van der Waals surface area contributed by atoms with Crippen molar-refractivity contribution in [3.63, 3.8) is 0 Å². The van der Waals surface area contributed by atoms with E-state index in [2.05, 4.69) is 10.6 Å². The molecule has 0 radical (unpaired) electrons. The van der Waals surface area contributed by atoms with Crippen LogP contribution in [0.3, 0.4) is 0 Å². The molecule has 9 nitrogen and oxygen atoms in total. The molecule has 0 saturated carbocycles. The SMILES string of the molecule is CC(C)[C@H](C)[C@H](O)C(=O)C[C@H]1CCCCNC1=O.CC(C)[C@H](N)[C@H](O)C(=O)C[C@H]1CCCCNC1=O. The number of hydrogen-bond acceptors (Lipinski definition) is 7. The lowest BCUT2D eigenvalue weighted by Crippen LogP contribution is -2.45. The van der Waals surface area contributed by atoms with Crippen molar-refractivity contribution < 1.29 is 29.4 Å². The number of Topliss-reactive ketones (excluding diaryl/α,β-unsaturated/α-hetero) is 2. The molecule has 0 bridgehead atoms. The zero-order valence-corrected chi connectivity index (χ0v) is 22.8. The summed E-state index contributed by atoms with van der Waals surface area (Å²) in [5, 5.41) is 25.4. The smallest absolute Gasteiger partial charge is 0.223 e. The minimum atomic E-state index is -1.17. The van der Waals surface area contributed by atoms with Crippen LogP contribution in [0.2, 0.25) is 0 Å². The van der Waals surface area contributed by atoms with E-state index in [0.29, 0.717) is 19.5 Å². The lowest BCUT2D eigenvalue weighted by Gasteiger charge is -2.22. The summed E-state index contributed by atoms with van der Waals surface area (Å²) < 4.78 is 0. The summed E-state index contributed by atoms with van der Waals surface area (Å²) in [6.45, 7) is 10.9. The molecule has 2 aliphatic rings. The third-order valence-electron chi connectivity index (χ3n) is 7.54. The van der Waals surface area contributed by atoms with E-state index >= 15 is 0 Å². The van der Waals surface area contributed by atoms with Crippen molar-refractivity contribution in [2.24, 2.45) is 35.3 Å². The zero-order valence-electron chi connectivity index (χ0n) is 22.8. The predicted octanol–water partition coefficient (Wildman–Crippen LogP) is 1.72. The molecule has 2 amide bonds. The Kier molecular flexibility index (Phi) is 14.4. The second kappa shape index (κ2) is 16.1. The van der Waals surface area contributed by atoms with Gasteiger partial charge in [0.15, 0.2) is 11.6 Å². The summed E-state index contributed by atoms with van der Waals surface area (Å²) in [4.78, 5) is 47.3. The van der Waals surface area contributed by atoms with Crippen molar-refractivity contribution >= 4 is 23.4 Å². The third-order valence-corrected chi connectivity index (χ3v) is 7.54. The van der Waals surface area contributed by atoms with Crippen molar-refractivity contribution in [2.75, 3.05) is 13.1 Å². The molecule has 2 fully saturated rings. The average molecular weight is 512 g/mol. The van der Waals surface area contributed by atoms with Gasteiger partial charge in [0.05, 0.1) is 0 Å². The van der Waals surface area contributed by atoms with E-state index in [1.165, 1.54) is 0 Å². The Labute approximate surface area is 216 Å². The Balaban J connectivity index is 0.000000360. The molecule has 0 spiro atoms. The fourth-order valence-corrected chi connectivity index (χ4v) is 4.36. The molecule has 6 N–H and O–H groups in total. The summed E-state index contributed by atoms with van der Waals surface area (Å²) in [7, 11) is 0. The molecule has 9 heteroatoms. The van der Waals surface area contributed by atoms with Gasteiger partial charge in [-0.1, -0.05) is 47.5 Å². The maximum absolute atomic E-state index is 12.0. The van der Waals surface area contributed by atoms with E-state index in [1.807, 2.05) is 34.6 Å². The van der Waals surface area contributed by atoms with Crippen molar-refractivity contribution in [2.45, 2.75) is 104 Å². The van der Waals surface area contributed by atoms with Crippen LogP contribution in [0.5, 0.6) is 0 Å². The Morgan fingerprint density at radius 3 is 1.58 bits per heavy atom. The zero-order chi connectivity index (χ0) is 27.4. The van der Waals surface area contributed by atoms with Gasteiger partial charge < -0.3 is 26.6 Å². The summed E-state index contributed by atoms with van der Waals surface area (Å²) in [6.07, 6.45) is 3.43. The summed E-state index contributed by atoms with van der Waals surface area (Å²) >= 11 is 0. The van der Waals surface area contributed by atoms with Gasteiger partial charge >= 0.3 is 0 Å². The molecule has 6 atom stereocenters. The summed E-state index contributed by atoms with van der Waals surface area (Å²) in [5.41, 5.74) is 5.76. The monoisotopic (exact) mass is 511 g/mol. The lowest BCUT2D eigenvalue weighted by molar-refractivity contribution is -0.135. The van der Waals surface area contributed by atoms with Crippen LogP contribution in [0.15, 0.2) is 0 Å². The van der Waals surface area contributed by atoms with Crippen LogP contribution < -0.4 is 16.4 Å². The van der Waals surface area contributed by atoms with Crippen molar-refractivity contribution in [1.82, 2.24) is 10.6 Å². The second-order valence-electron chi connectivity index (χ2n) is 11.1. The molecule has 2 saturated heterocycles. The van der Waals surface area contributed by atoms with Gasteiger partial charge in [0, 0.05) is 43.8 Å². The number of aliphatic hydroxyl groups excluding tert-OH is 2. The van der Waals surface area contributed by atoms with Gasteiger partial charge in [-0.05, 0) is 43.4 Å².